The Kier molecular flexibility index (Phi) is 5.22. The zero-order chi connectivity index (χ0) is 20.5. The average molecular weight is 404 g/mol. The Hall–Kier alpha value is -2.79. The molecule has 0 spiro atoms. The maximum Gasteiger partial charge on any atom is 0.573 e. The second-order valence-corrected chi connectivity index (χ2v) is 5.94. The molecular weight excluding hydrogens is 389 g/mol. The summed E-state index contributed by atoms with van der Waals surface area (Å²) in [6, 6.07) is 8.00. The van der Waals surface area contributed by atoms with Gasteiger partial charge in [0.2, 0.25) is 0 Å². The topological polar surface area (TPSA) is 60.6 Å². The van der Waals surface area contributed by atoms with Gasteiger partial charge >= 0.3 is 12.6 Å². The molecule has 150 valence electrons. The van der Waals surface area contributed by atoms with E-state index in [0.717, 1.165) is 18.5 Å². The molecule has 1 unspecified atom stereocenters. The van der Waals surface area contributed by atoms with Crippen LogP contribution in [0.4, 0.5) is 22.0 Å². The second-order valence-electron chi connectivity index (χ2n) is 5.94. The van der Waals surface area contributed by atoms with Crippen molar-refractivity contribution in [2.24, 2.45) is 0 Å². The van der Waals surface area contributed by atoms with E-state index in [4.69, 9.17) is 5.11 Å². The van der Waals surface area contributed by atoms with Crippen molar-refractivity contribution in [2.45, 2.75) is 25.6 Å². The molecule has 1 atom stereocenters. The van der Waals surface area contributed by atoms with Crippen molar-refractivity contribution in [1.29, 1.82) is 0 Å². The summed E-state index contributed by atoms with van der Waals surface area (Å²) in [6.45, 7) is 0.729. The van der Waals surface area contributed by atoms with E-state index < -0.39 is 25.3 Å². The van der Waals surface area contributed by atoms with Crippen LogP contribution in [-0.4, -0.2) is 34.0 Å². The van der Waals surface area contributed by atoms with Crippen LogP contribution in [-0.2, 0) is 11.0 Å². The molecule has 2 aromatic heterocycles. The number of hydrogen-bond acceptors (Lipinski definition) is 4. The van der Waals surface area contributed by atoms with Crippen molar-refractivity contribution in [3.05, 3.63) is 48.9 Å². The lowest BCUT2D eigenvalue weighted by Gasteiger charge is -2.12. The highest BCUT2D eigenvalue weighted by Crippen LogP contribution is 2.27. The molecule has 1 N–H and O–H groups in total. The third-order valence-corrected chi connectivity index (χ3v) is 3.63. The number of nitrogens with zero attached hydrogens (tertiary/aromatic N) is 3. The zero-order valence-corrected chi connectivity index (χ0v) is 14.4. The number of rotatable bonds is 6. The minimum Gasteiger partial charge on any atom is -0.406 e. The van der Waals surface area contributed by atoms with Crippen LogP contribution in [0.1, 0.15) is 6.92 Å². The predicted octanol–water partition coefficient (Wildman–Crippen LogP) is 3.09. The van der Waals surface area contributed by atoms with Crippen LogP contribution in [0, 0.1) is 0 Å². The number of alkyl halides is 5. The molecule has 28 heavy (non-hydrogen) atoms. The number of hydrogen-bond donors (Lipinski definition) is 1. The second kappa shape index (κ2) is 7.32. The molecule has 0 bridgehead atoms. The van der Waals surface area contributed by atoms with Crippen LogP contribution in [0.3, 0.4) is 0 Å². The summed E-state index contributed by atoms with van der Waals surface area (Å²) < 4.78 is 74.8. The summed E-state index contributed by atoms with van der Waals surface area (Å²) in [5, 5.41) is 12.7. The zero-order valence-electron chi connectivity index (χ0n) is 14.4. The molecule has 0 saturated carbocycles. The van der Waals surface area contributed by atoms with Gasteiger partial charge in [-0.3, -0.25) is 4.74 Å². The lowest BCUT2D eigenvalue weighted by Crippen LogP contribution is -2.32. The molecule has 0 aliphatic heterocycles. The van der Waals surface area contributed by atoms with Crippen LogP contribution in [0.15, 0.2) is 48.9 Å². The average Bonchev–Trinajstić information content (AvgIpc) is 3.03. The summed E-state index contributed by atoms with van der Waals surface area (Å²) >= 11 is 0. The van der Waals surface area contributed by atoms with Crippen molar-refractivity contribution >= 4 is 5.65 Å². The van der Waals surface area contributed by atoms with Gasteiger partial charge in [-0.25, -0.2) is 4.40 Å². The number of pyridine rings is 1. The normalized spacial score (nSPS) is 13.7. The summed E-state index contributed by atoms with van der Waals surface area (Å²) in [5.74, 6) is -0.368. The van der Waals surface area contributed by atoms with Gasteiger partial charge in [0.1, 0.15) is 5.75 Å². The van der Waals surface area contributed by atoms with Gasteiger partial charge in [0.05, 0.1) is 18.9 Å². The fraction of sp³-hybridized carbons (Fsp3) is 0.294. The molecule has 0 saturated heterocycles. The van der Waals surface area contributed by atoms with Crippen LogP contribution >= 0.6 is 0 Å². The summed E-state index contributed by atoms with van der Waals surface area (Å²) in [7, 11) is 0. The standard InChI is InChI=1S/C17H15F5N3O3/c1-11(26)9-27-17(21,22)25-15-7-4-13(8-24(15)10-23-25)12-2-5-14(6-3-12)28-16(18,19)20/h2-8,10-11,26H,9H2,1H3/q+1. The molecule has 11 heteroatoms. The highest BCUT2D eigenvalue weighted by atomic mass is 19.4. The van der Waals surface area contributed by atoms with E-state index in [1.54, 1.807) is 0 Å². The summed E-state index contributed by atoms with van der Waals surface area (Å²) in [4.78, 5) is 0. The molecule has 0 fully saturated rings. The van der Waals surface area contributed by atoms with E-state index in [1.165, 1.54) is 41.8 Å². The van der Waals surface area contributed by atoms with Crippen LogP contribution in [0.25, 0.3) is 16.8 Å². The van der Waals surface area contributed by atoms with Crippen molar-refractivity contribution in [2.75, 3.05) is 6.61 Å². The molecule has 1 aromatic carbocycles. The maximum atomic E-state index is 14.1. The van der Waals surface area contributed by atoms with Crippen LogP contribution in [0.2, 0.25) is 0 Å². The molecule has 3 aromatic rings. The van der Waals surface area contributed by atoms with Crippen molar-refractivity contribution in [1.82, 2.24) is 9.78 Å². The number of fused-ring (bicyclic) bond motifs is 1. The Balaban J connectivity index is 1.86. The first-order valence-corrected chi connectivity index (χ1v) is 8.01. The molecular formula is C17H15F5N3O3+. The number of aliphatic hydroxyl groups is 1. The molecule has 0 aliphatic rings. The Labute approximate surface area is 155 Å². The fourth-order valence-electron chi connectivity index (χ4n) is 2.45. The quantitative estimate of drug-likeness (QED) is 0.507. The third kappa shape index (κ3) is 4.54. The van der Waals surface area contributed by atoms with E-state index in [2.05, 4.69) is 14.6 Å². The monoisotopic (exact) mass is 404 g/mol. The molecule has 0 radical (unpaired) electrons. The van der Waals surface area contributed by atoms with Crippen molar-refractivity contribution in [3.8, 4) is 16.9 Å². The Morgan fingerprint density at radius 1 is 1.07 bits per heavy atom. The summed E-state index contributed by atoms with van der Waals surface area (Å²) in [5.41, 5.74) is 1.12. The number of benzene rings is 1. The van der Waals surface area contributed by atoms with E-state index in [0.29, 0.717) is 15.8 Å². The fourth-order valence-corrected chi connectivity index (χ4v) is 2.45. The van der Waals surface area contributed by atoms with Gasteiger partial charge in [-0.1, -0.05) is 12.1 Å². The smallest absolute Gasteiger partial charge is 0.406 e. The number of aliphatic hydroxyl groups excluding tert-OH is 1. The van der Waals surface area contributed by atoms with Gasteiger partial charge in [-0.05, 0) is 35.4 Å². The maximum absolute atomic E-state index is 14.1. The van der Waals surface area contributed by atoms with Crippen molar-refractivity contribution in [3.63, 3.8) is 0 Å². The van der Waals surface area contributed by atoms with E-state index >= 15 is 0 Å². The molecule has 6 nitrogen and oxygen atoms in total. The minimum atomic E-state index is -4.79. The third-order valence-electron chi connectivity index (χ3n) is 3.63. The van der Waals surface area contributed by atoms with E-state index in [9.17, 15) is 22.0 Å². The first kappa shape index (κ1) is 20.0. The van der Waals surface area contributed by atoms with E-state index in [1.807, 2.05) is 0 Å². The predicted molar refractivity (Wildman–Crippen MR) is 85.3 cm³/mol. The Morgan fingerprint density at radius 2 is 1.71 bits per heavy atom. The Bertz CT molecular complexity index is 955. The highest BCUT2D eigenvalue weighted by molar-refractivity contribution is 5.63. The first-order valence-electron chi connectivity index (χ1n) is 8.01. The lowest BCUT2D eigenvalue weighted by molar-refractivity contribution is -0.513. The SMILES string of the molecule is CC(O)COC(F)(F)n1nc[n+]2cc(-c3ccc(OC(F)(F)F)cc3)ccc12. The molecule has 3 rings (SSSR count). The van der Waals surface area contributed by atoms with Crippen LogP contribution in [0.5, 0.6) is 5.75 Å². The van der Waals surface area contributed by atoms with Gasteiger partial charge in [0.15, 0.2) is 0 Å². The summed E-state index contributed by atoms with van der Waals surface area (Å²) in [6.07, 6.45) is -7.00. The van der Waals surface area contributed by atoms with Gasteiger partial charge in [0, 0.05) is 16.7 Å². The molecule has 0 aliphatic carbocycles. The van der Waals surface area contributed by atoms with E-state index in [-0.39, 0.29) is 11.4 Å². The van der Waals surface area contributed by atoms with Gasteiger partial charge in [0.25, 0.3) is 12.0 Å². The number of ether oxygens (including phenoxy) is 2. The largest absolute Gasteiger partial charge is 0.573 e. The molecule has 2 heterocycles. The van der Waals surface area contributed by atoms with Gasteiger partial charge < -0.3 is 9.84 Å². The molecule has 0 amide bonds. The first-order chi connectivity index (χ1) is 13.0. The number of aromatic nitrogens is 3. The van der Waals surface area contributed by atoms with Gasteiger partial charge in [-0.2, -0.15) is 0 Å². The van der Waals surface area contributed by atoms with Crippen LogP contribution < -0.4 is 9.14 Å². The number of halogens is 5. The highest BCUT2D eigenvalue weighted by Gasteiger charge is 2.43. The van der Waals surface area contributed by atoms with Crippen molar-refractivity contribution < 1.29 is 40.9 Å². The van der Waals surface area contributed by atoms with Gasteiger partial charge in [-0.15, -0.1) is 22.0 Å². The Morgan fingerprint density at radius 3 is 2.32 bits per heavy atom. The lowest BCUT2D eigenvalue weighted by atomic mass is 10.1. The minimum absolute atomic E-state index is 0.0105.